The maximum absolute atomic E-state index is 5.71. The molecule has 1 aromatic rings. The average molecular weight is 283 g/mol. The predicted molar refractivity (Wildman–Crippen MR) is 73.9 cm³/mol. The van der Waals surface area contributed by atoms with Crippen molar-refractivity contribution in [3.63, 3.8) is 0 Å². The van der Waals surface area contributed by atoms with Gasteiger partial charge in [0.2, 0.25) is 0 Å². The van der Waals surface area contributed by atoms with E-state index in [1.165, 1.54) is 0 Å². The highest BCUT2D eigenvalue weighted by molar-refractivity contribution is 5.56. The second kappa shape index (κ2) is 8.76. The zero-order valence-corrected chi connectivity index (χ0v) is 11.7. The van der Waals surface area contributed by atoms with Crippen LogP contribution >= 0.6 is 0 Å². The standard InChI is InChI=1S/C14H21NO5/c1-16-14-5-3-2-4-13(14)15-12-19-9-8-17-6-7-18-10-11-20-15/h2-5H,6-12H2,1H3. The van der Waals surface area contributed by atoms with Crippen molar-refractivity contribution in [1.82, 2.24) is 0 Å². The molecule has 0 amide bonds. The summed E-state index contributed by atoms with van der Waals surface area (Å²) in [4.78, 5) is 5.71. The van der Waals surface area contributed by atoms with Crippen molar-refractivity contribution >= 4 is 5.69 Å². The Balaban J connectivity index is 2.01. The third-order valence-electron chi connectivity index (χ3n) is 2.78. The predicted octanol–water partition coefficient (Wildman–Crippen LogP) is 1.45. The molecule has 6 heteroatoms. The maximum Gasteiger partial charge on any atom is 0.144 e. The van der Waals surface area contributed by atoms with Gasteiger partial charge in [-0.05, 0) is 12.1 Å². The van der Waals surface area contributed by atoms with E-state index in [9.17, 15) is 0 Å². The van der Waals surface area contributed by atoms with Crippen molar-refractivity contribution in [2.75, 3.05) is 58.5 Å². The van der Waals surface area contributed by atoms with E-state index in [-0.39, 0.29) is 0 Å². The van der Waals surface area contributed by atoms with Gasteiger partial charge in [-0.15, -0.1) is 0 Å². The summed E-state index contributed by atoms with van der Waals surface area (Å²) in [7, 11) is 1.63. The first kappa shape index (κ1) is 15.1. The van der Waals surface area contributed by atoms with Crippen molar-refractivity contribution < 1.29 is 23.8 Å². The lowest BCUT2D eigenvalue weighted by molar-refractivity contribution is -0.0451. The molecule has 0 aliphatic carbocycles. The number of methoxy groups -OCH3 is 1. The minimum atomic E-state index is 0.309. The van der Waals surface area contributed by atoms with Crippen LogP contribution in [0.15, 0.2) is 24.3 Å². The number of hydroxylamine groups is 1. The molecule has 1 saturated heterocycles. The van der Waals surface area contributed by atoms with Crippen LogP contribution in [-0.4, -0.2) is 53.5 Å². The van der Waals surface area contributed by atoms with Crippen molar-refractivity contribution in [1.29, 1.82) is 0 Å². The van der Waals surface area contributed by atoms with Crippen molar-refractivity contribution in [3.8, 4) is 5.75 Å². The Morgan fingerprint density at radius 3 is 2.30 bits per heavy atom. The van der Waals surface area contributed by atoms with Crippen LogP contribution in [0.4, 0.5) is 5.69 Å². The van der Waals surface area contributed by atoms with Gasteiger partial charge in [0.15, 0.2) is 0 Å². The van der Waals surface area contributed by atoms with Crippen LogP contribution in [-0.2, 0) is 19.0 Å². The normalized spacial score (nSPS) is 18.9. The Labute approximate surface area is 119 Å². The lowest BCUT2D eigenvalue weighted by Gasteiger charge is -2.25. The molecule has 0 unspecified atom stereocenters. The molecule has 1 heterocycles. The molecular weight excluding hydrogens is 262 g/mol. The number of hydrogen-bond acceptors (Lipinski definition) is 6. The maximum atomic E-state index is 5.71. The number of rotatable bonds is 2. The highest BCUT2D eigenvalue weighted by Gasteiger charge is 2.13. The van der Waals surface area contributed by atoms with Crippen molar-refractivity contribution in [2.24, 2.45) is 0 Å². The first-order valence-corrected chi connectivity index (χ1v) is 6.68. The Morgan fingerprint density at radius 2 is 1.55 bits per heavy atom. The summed E-state index contributed by atoms with van der Waals surface area (Å²) in [6.07, 6.45) is 0. The summed E-state index contributed by atoms with van der Waals surface area (Å²) in [5.74, 6) is 0.736. The molecule has 0 radical (unpaired) electrons. The fourth-order valence-corrected chi connectivity index (χ4v) is 1.81. The SMILES string of the molecule is COc1ccccc1N1COCCOCCOCCO1. The molecule has 1 fully saturated rings. The third kappa shape index (κ3) is 4.64. The number of nitrogens with zero attached hydrogens (tertiary/aromatic N) is 1. The third-order valence-corrected chi connectivity index (χ3v) is 2.78. The van der Waals surface area contributed by atoms with E-state index in [0.717, 1.165) is 11.4 Å². The van der Waals surface area contributed by atoms with Crippen LogP contribution < -0.4 is 9.80 Å². The van der Waals surface area contributed by atoms with Gasteiger partial charge in [0.05, 0.1) is 46.8 Å². The van der Waals surface area contributed by atoms with Gasteiger partial charge < -0.3 is 18.9 Å². The van der Waals surface area contributed by atoms with Crippen LogP contribution in [0.1, 0.15) is 0 Å². The Kier molecular flexibility index (Phi) is 6.59. The van der Waals surface area contributed by atoms with E-state index in [1.807, 2.05) is 24.3 Å². The molecule has 0 aromatic heterocycles. The quantitative estimate of drug-likeness (QED) is 0.819. The fraction of sp³-hybridized carbons (Fsp3) is 0.571. The molecule has 0 atom stereocenters. The van der Waals surface area contributed by atoms with E-state index >= 15 is 0 Å². The van der Waals surface area contributed by atoms with E-state index < -0.39 is 0 Å². The first-order chi connectivity index (χ1) is 9.92. The molecule has 1 aromatic carbocycles. The zero-order valence-electron chi connectivity index (χ0n) is 11.7. The number of anilines is 1. The number of hydrogen-bond donors (Lipinski definition) is 0. The monoisotopic (exact) mass is 283 g/mol. The van der Waals surface area contributed by atoms with Gasteiger partial charge in [0, 0.05) is 0 Å². The number of para-hydroxylation sites is 2. The fourth-order valence-electron chi connectivity index (χ4n) is 1.81. The van der Waals surface area contributed by atoms with Crippen LogP contribution in [0.3, 0.4) is 0 Å². The summed E-state index contributed by atoms with van der Waals surface area (Å²) >= 11 is 0. The summed E-state index contributed by atoms with van der Waals surface area (Å²) < 4.78 is 21.6. The van der Waals surface area contributed by atoms with Gasteiger partial charge in [-0.1, -0.05) is 12.1 Å². The number of benzene rings is 1. The topological polar surface area (TPSA) is 49.4 Å². The van der Waals surface area contributed by atoms with Gasteiger partial charge in [-0.3, -0.25) is 4.84 Å². The highest BCUT2D eigenvalue weighted by Crippen LogP contribution is 2.27. The molecule has 0 N–H and O–H groups in total. The number of ether oxygens (including phenoxy) is 4. The van der Waals surface area contributed by atoms with E-state index in [1.54, 1.807) is 12.2 Å². The van der Waals surface area contributed by atoms with Gasteiger partial charge in [0.1, 0.15) is 18.2 Å². The summed E-state index contributed by atoms with van der Waals surface area (Å²) in [6.45, 7) is 3.47. The summed E-state index contributed by atoms with van der Waals surface area (Å²) in [5, 5.41) is 1.67. The molecule has 20 heavy (non-hydrogen) atoms. The van der Waals surface area contributed by atoms with Crippen molar-refractivity contribution in [3.05, 3.63) is 24.3 Å². The van der Waals surface area contributed by atoms with Gasteiger partial charge >= 0.3 is 0 Å². The van der Waals surface area contributed by atoms with E-state index in [4.69, 9.17) is 23.8 Å². The minimum Gasteiger partial charge on any atom is -0.494 e. The van der Waals surface area contributed by atoms with Gasteiger partial charge in [0.25, 0.3) is 0 Å². The zero-order chi connectivity index (χ0) is 14.0. The molecule has 0 spiro atoms. The molecule has 6 nitrogen and oxygen atoms in total. The second-order valence-electron chi connectivity index (χ2n) is 4.15. The summed E-state index contributed by atoms with van der Waals surface area (Å²) in [5.41, 5.74) is 0.827. The Bertz CT molecular complexity index is 376. The Hall–Kier alpha value is -1.34. The van der Waals surface area contributed by atoms with Crippen LogP contribution in [0.25, 0.3) is 0 Å². The molecule has 0 saturated carbocycles. The molecule has 1 aliphatic heterocycles. The Morgan fingerprint density at radius 1 is 0.900 bits per heavy atom. The lowest BCUT2D eigenvalue weighted by atomic mass is 10.3. The van der Waals surface area contributed by atoms with E-state index in [0.29, 0.717) is 46.4 Å². The minimum absolute atomic E-state index is 0.309. The smallest absolute Gasteiger partial charge is 0.144 e. The average Bonchev–Trinajstić information content (AvgIpc) is 2.48. The largest absolute Gasteiger partial charge is 0.494 e. The van der Waals surface area contributed by atoms with E-state index in [2.05, 4.69) is 0 Å². The van der Waals surface area contributed by atoms with Crippen LogP contribution in [0, 0.1) is 0 Å². The van der Waals surface area contributed by atoms with Gasteiger partial charge in [-0.25, -0.2) is 5.06 Å². The highest BCUT2D eigenvalue weighted by atomic mass is 16.7. The van der Waals surface area contributed by atoms with Gasteiger partial charge in [-0.2, -0.15) is 0 Å². The molecule has 0 bridgehead atoms. The second-order valence-corrected chi connectivity index (χ2v) is 4.15. The molecule has 2 rings (SSSR count). The molecule has 112 valence electrons. The van der Waals surface area contributed by atoms with Crippen LogP contribution in [0.2, 0.25) is 0 Å². The molecule has 1 aliphatic rings. The first-order valence-electron chi connectivity index (χ1n) is 6.68. The molecular formula is C14H21NO5. The van der Waals surface area contributed by atoms with Crippen molar-refractivity contribution in [2.45, 2.75) is 0 Å². The summed E-state index contributed by atoms with van der Waals surface area (Å²) in [6, 6.07) is 7.65. The lowest BCUT2D eigenvalue weighted by Crippen LogP contribution is -2.30. The van der Waals surface area contributed by atoms with Crippen LogP contribution in [0.5, 0.6) is 5.75 Å².